The van der Waals surface area contributed by atoms with Crippen LogP contribution in [0.1, 0.15) is 115 Å². The quantitative estimate of drug-likeness (QED) is 0.132. The molecule has 0 aliphatic heterocycles. The number of hydrogen-bond acceptors (Lipinski definition) is 5. The van der Waals surface area contributed by atoms with Crippen LogP contribution in [0.25, 0.3) is 0 Å². The molecule has 6 heteroatoms. The van der Waals surface area contributed by atoms with Crippen molar-refractivity contribution in [1.82, 2.24) is 5.32 Å². The number of aliphatic hydroxyl groups excluding tert-OH is 3. The van der Waals surface area contributed by atoms with E-state index in [9.17, 15) is 25.2 Å². The molecule has 41 heavy (non-hydrogen) atoms. The first-order chi connectivity index (χ1) is 19.8. The van der Waals surface area contributed by atoms with Crippen LogP contribution in [0.4, 0.5) is 0 Å². The van der Waals surface area contributed by atoms with E-state index in [0.29, 0.717) is 18.8 Å². The average molecular weight is 572 g/mol. The standard InChI is InChI=1S/C35H57NO5/c1-4-7-8-12-32(38)20-17-28-15-16-29-11-9-10-27(5-2)34(29)21-14-26(23-30(28)24-33(39)25-37)13-18-31(36-6-3)19-22-35(40)41/h9-11,17,20,26,31-33,36-39H,4-8,12-16,18-19,21-25H2,1-3H3,(H,40,41)/t26-,31-,32+,33+/m1/s1. The zero-order chi connectivity index (χ0) is 30.0. The third-order valence-electron chi connectivity index (χ3n) is 8.65. The molecule has 1 aromatic rings. The van der Waals surface area contributed by atoms with Gasteiger partial charge in [-0.15, -0.1) is 0 Å². The number of hydrogen-bond donors (Lipinski definition) is 5. The first-order valence-electron chi connectivity index (χ1n) is 16.2. The molecule has 0 aromatic heterocycles. The predicted octanol–water partition coefficient (Wildman–Crippen LogP) is 6.29. The minimum absolute atomic E-state index is 0.165. The molecule has 0 fully saturated rings. The molecule has 4 atom stereocenters. The summed E-state index contributed by atoms with van der Waals surface area (Å²) in [5.74, 6) is -0.387. The molecule has 0 radical (unpaired) electrons. The van der Waals surface area contributed by atoms with E-state index in [1.165, 1.54) is 27.8 Å². The van der Waals surface area contributed by atoms with Crippen molar-refractivity contribution in [1.29, 1.82) is 0 Å². The predicted molar refractivity (Wildman–Crippen MR) is 168 cm³/mol. The second-order valence-electron chi connectivity index (χ2n) is 11.9. The highest BCUT2D eigenvalue weighted by Gasteiger charge is 2.22. The van der Waals surface area contributed by atoms with Crippen LogP contribution >= 0.6 is 0 Å². The van der Waals surface area contributed by atoms with Gasteiger partial charge in [0.1, 0.15) is 0 Å². The number of aryl methyl sites for hydroxylation is 2. The number of rotatable bonds is 18. The second-order valence-corrected chi connectivity index (χ2v) is 11.9. The van der Waals surface area contributed by atoms with Crippen LogP contribution in [0, 0.1) is 5.92 Å². The van der Waals surface area contributed by atoms with Crippen LogP contribution in [0.15, 0.2) is 41.5 Å². The Labute approximate surface area is 249 Å². The van der Waals surface area contributed by atoms with E-state index in [2.05, 4.69) is 50.4 Å². The van der Waals surface area contributed by atoms with Gasteiger partial charge in [0.2, 0.25) is 0 Å². The highest BCUT2D eigenvalue weighted by atomic mass is 16.4. The van der Waals surface area contributed by atoms with Crippen LogP contribution in [0.2, 0.25) is 0 Å². The maximum Gasteiger partial charge on any atom is 0.303 e. The summed E-state index contributed by atoms with van der Waals surface area (Å²) in [4.78, 5) is 11.2. The van der Waals surface area contributed by atoms with Crippen molar-refractivity contribution in [3.63, 3.8) is 0 Å². The normalized spacial score (nSPS) is 18.7. The van der Waals surface area contributed by atoms with Crippen LogP contribution in [0.5, 0.6) is 0 Å². The summed E-state index contributed by atoms with van der Waals surface area (Å²) in [6.07, 6.45) is 15.4. The molecular weight excluding hydrogens is 514 g/mol. The van der Waals surface area contributed by atoms with Crippen molar-refractivity contribution < 1.29 is 25.2 Å². The largest absolute Gasteiger partial charge is 0.481 e. The summed E-state index contributed by atoms with van der Waals surface area (Å²) in [5.41, 5.74) is 6.61. The summed E-state index contributed by atoms with van der Waals surface area (Å²) in [6.45, 7) is 6.98. The Morgan fingerprint density at radius 3 is 2.56 bits per heavy atom. The number of carboxylic acid groups (broad SMARTS) is 1. The Hall–Kier alpha value is -1.99. The molecule has 232 valence electrons. The van der Waals surface area contributed by atoms with Crippen LogP contribution in [-0.2, 0) is 24.1 Å². The van der Waals surface area contributed by atoms with Gasteiger partial charge in [-0.05, 0) is 105 Å². The fourth-order valence-electron chi connectivity index (χ4n) is 6.26. The molecular formula is C35H57NO5. The van der Waals surface area contributed by atoms with E-state index in [4.69, 9.17) is 0 Å². The second kappa shape index (κ2) is 20.0. The Kier molecular flexibility index (Phi) is 17.2. The minimum Gasteiger partial charge on any atom is -0.481 e. The van der Waals surface area contributed by atoms with E-state index in [0.717, 1.165) is 83.6 Å². The summed E-state index contributed by atoms with van der Waals surface area (Å²) in [5, 5.41) is 43.6. The first kappa shape index (κ1) is 35.2. The number of nitrogens with one attached hydrogen (secondary N) is 1. The van der Waals surface area contributed by atoms with E-state index in [1.54, 1.807) is 0 Å². The zero-order valence-electron chi connectivity index (χ0n) is 25.9. The number of benzene rings is 1. The topological polar surface area (TPSA) is 110 Å². The highest BCUT2D eigenvalue weighted by molar-refractivity contribution is 5.66. The number of unbranched alkanes of at least 4 members (excludes halogenated alkanes) is 2. The molecule has 2 rings (SSSR count). The van der Waals surface area contributed by atoms with Gasteiger partial charge in [-0.1, -0.05) is 76.0 Å². The minimum atomic E-state index is -0.810. The summed E-state index contributed by atoms with van der Waals surface area (Å²) >= 11 is 0. The van der Waals surface area contributed by atoms with Gasteiger partial charge in [0.05, 0.1) is 18.8 Å². The molecule has 0 saturated heterocycles. The monoisotopic (exact) mass is 571 g/mol. The van der Waals surface area contributed by atoms with Gasteiger partial charge in [0.25, 0.3) is 0 Å². The van der Waals surface area contributed by atoms with Gasteiger partial charge < -0.3 is 25.7 Å². The van der Waals surface area contributed by atoms with Gasteiger partial charge >= 0.3 is 5.97 Å². The molecule has 0 spiro atoms. The Morgan fingerprint density at radius 1 is 1.07 bits per heavy atom. The third-order valence-corrected chi connectivity index (χ3v) is 8.65. The lowest BCUT2D eigenvalue weighted by atomic mass is 9.80. The van der Waals surface area contributed by atoms with Gasteiger partial charge in [0.15, 0.2) is 0 Å². The fraction of sp³-hybridized carbons (Fsp3) is 0.686. The summed E-state index contributed by atoms with van der Waals surface area (Å²) in [7, 11) is 0. The van der Waals surface area contributed by atoms with Crippen molar-refractivity contribution in [2.75, 3.05) is 13.2 Å². The molecule has 0 amide bonds. The third kappa shape index (κ3) is 13.2. The number of carbonyl (C=O) groups is 1. The molecule has 6 nitrogen and oxygen atoms in total. The van der Waals surface area contributed by atoms with Crippen LogP contribution in [-0.4, -0.2) is 57.8 Å². The van der Waals surface area contributed by atoms with Crippen LogP contribution in [0.3, 0.4) is 0 Å². The summed E-state index contributed by atoms with van der Waals surface area (Å²) < 4.78 is 0. The van der Waals surface area contributed by atoms with Crippen molar-refractivity contribution >= 4 is 5.97 Å². The number of aliphatic hydroxyl groups is 3. The van der Waals surface area contributed by atoms with Gasteiger partial charge in [-0.2, -0.15) is 0 Å². The Morgan fingerprint density at radius 2 is 1.88 bits per heavy atom. The maximum atomic E-state index is 11.2. The fourth-order valence-corrected chi connectivity index (χ4v) is 6.26. The lowest BCUT2D eigenvalue weighted by molar-refractivity contribution is -0.137. The summed E-state index contributed by atoms with van der Waals surface area (Å²) in [6, 6.07) is 6.83. The maximum absolute atomic E-state index is 11.2. The lowest BCUT2D eigenvalue weighted by Gasteiger charge is -2.27. The van der Waals surface area contributed by atoms with Gasteiger partial charge in [0, 0.05) is 12.5 Å². The number of aliphatic carboxylic acids is 1. The molecule has 0 unspecified atom stereocenters. The molecule has 1 aliphatic rings. The molecule has 0 heterocycles. The van der Waals surface area contributed by atoms with Crippen molar-refractivity contribution in [2.45, 2.75) is 135 Å². The van der Waals surface area contributed by atoms with Gasteiger partial charge in [-0.3, -0.25) is 4.79 Å². The highest BCUT2D eigenvalue weighted by Crippen LogP contribution is 2.33. The SMILES string of the molecule is CCCCC[C@H](O)C=CC1=C(C[C@H](O)CO)C[C@H](CC[C@H](CCC(=O)O)NCC)CCc2c(CC)cccc2CC1. The lowest BCUT2D eigenvalue weighted by Crippen LogP contribution is -2.30. The first-order valence-corrected chi connectivity index (χ1v) is 16.2. The van der Waals surface area contributed by atoms with Crippen molar-refractivity contribution in [3.05, 3.63) is 58.2 Å². The van der Waals surface area contributed by atoms with Crippen LogP contribution < -0.4 is 5.32 Å². The molecule has 5 N–H and O–H groups in total. The van der Waals surface area contributed by atoms with Crippen molar-refractivity contribution in [2.24, 2.45) is 5.92 Å². The molecule has 0 saturated carbocycles. The molecule has 1 aromatic carbocycles. The van der Waals surface area contributed by atoms with E-state index < -0.39 is 18.2 Å². The number of fused-ring (bicyclic) bond motifs is 1. The number of carboxylic acids is 1. The van der Waals surface area contributed by atoms with Crippen molar-refractivity contribution in [3.8, 4) is 0 Å². The zero-order valence-corrected chi connectivity index (χ0v) is 25.9. The van der Waals surface area contributed by atoms with E-state index >= 15 is 0 Å². The molecule has 1 aliphatic carbocycles. The van der Waals surface area contributed by atoms with E-state index in [1.807, 2.05) is 6.08 Å². The molecule has 0 bridgehead atoms. The Bertz CT molecular complexity index is 956. The Balaban J connectivity index is 2.42. The average Bonchev–Trinajstić information content (AvgIpc) is 2.96. The number of allylic oxidation sites excluding steroid dienone is 2. The van der Waals surface area contributed by atoms with E-state index in [-0.39, 0.29) is 19.1 Å². The smallest absolute Gasteiger partial charge is 0.303 e. The van der Waals surface area contributed by atoms with Gasteiger partial charge in [-0.25, -0.2) is 0 Å².